The summed E-state index contributed by atoms with van der Waals surface area (Å²) in [4.78, 5) is 2.40. The molecule has 0 aliphatic carbocycles. The molecular formula is C58H39NO. The van der Waals surface area contributed by atoms with Crippen LogP contribution < -0.4 is 4.90 Å². The first-order valence-electron chi connectivity index (χ1n) is 20.5. The molecule has 0 saturated carbocycles. The number of benzene rings is 10. The van der Waals surface area contributed by atoms with Crippen LogP contribution in [0.4, 0.5) is 17.1 Å². The lowest BCUT2D eigenvalue weighted by molar-refractivity contribution is 0.631. The van der Waals surface area contributed by atoms with Crippen LogP contribution in [-0.4, -0.2) is 0 Å². The van der Waals surface area contributed by atoms with E-state index in [-0.39, 0.29) is 0 Å². The number of anilines is 3. The van der Waals surface area contributed by atoms with E-state index in [0.29, 0.717) is 0 Å². The first kappa shape index (κ1) is 35.2. The summed E-state index contributed by atoms with van der Waals surface area (Å²) >= 11 is 0. The third-order valence-corrected chi connectivity index (χ3v) is 11.7. The van der Waals surface area contributed by atoms with Crippen LogP contribution in [0.2, 0.25) is 0 Å². The molecule has 0 atom stereocenters. The van der Waals surface area contributed by atoms with Crippen molar-refractivity contribution in [2.75, 3.05) is 4.90 Å². The van der Waals surface area contributed by atoms with E-state index < -0.39 is 0 Å². The van der Waals surface area contributed by atoms with Gasteiger partial charge >= 0.3 is 0 Å². The molecule has 0 bridgehead atoms. The smallest absolute Gasteiger partial charge is 0.135 e. The number of hydrogen-bond donors (Lipinski definition) is 0. The first-order valence-corrected chi connectivity index (χ1v) is 20.5. The van der Waals surface area contributed by atoms with Gasteiger partial charge in [0.15, 0.2) is 0 Å². The summed E-state index contributed by atoms with van der Waals surface area (Å²) < 4.78 is 6.23. The number of hydrogen-bond acceptors (Lipinski definition) is 2. The largest absolute Gasteiger partial charge is 0.456 e. The summed E-state index contributed by atoms with van der Waals surface area (Å²) in [5.74, 6) is 0.876. The highest BCUT2D eigenvalue weighted by Crippen LogP contribution is 2.43. The molecule has 11 aromatic rings. The Bertz CT molecular complexity index is 3270. The molecule has 60 heavy (non-hydrogen) atoms. The third-order valence-electron chi connectivity index (χ3n) is 11.7. The summed E-state index contributed by atoms with van der Waals surface area (Å²) in [5, 5.41) is 5.96. The van der Waals surface area contributed by atoms with Crippen LogP contribution in [0, 0.1) is 0 Å². The van der Waals surface area contributed by atoms with Crippen molar-refractivity contribution in [3.8, 4) is 55.8 Å². The summed E-state index contributed by atoms with van der Waals surface area (Å²) in [6.45, 7) is 0. The molecule has 282 valence electrons. The molecule has 0 saturated heterocycles. The second-order valence-corrected chi connectivity index (χ2v) is 15.3. The van der Waals surface area contributed by atoms with Gasteiger partial charge in [0.1, 0.15) is 11.3 Å². The fourth-order valence-electron chi connectivity index (χ4n) is 8.61. The van der Waals surface area contributed by atoms with Crippen molar-refractivity contribution in [3.05, 3.63) is 237 Å². The van der Waals surface area contributed by atoms with Gasteiger partial charge in [0.25, 0.3) is 0 Å². The van der Waals surface area contributed by atoms with Gasteiger partial charge in [-0.2, -0.15) is 0 Å². The average molecular weight is 766 g/mol. The maximum atomic E-state index is 6.23. The van der Waals surface area contributed by atoms with E-state index in [0.717, 1.165) is 56.0 Å². The number of furan rings is 1. The maximum Gasteiger partial charge on any atom is 0.135 e. The molecule has 0 unspecified atom stereocenters. The molecule has 0 aliphatic heterocycles. The van der Waals surface area contributed by atoms with E-state index in [1.54, 1.807) is 0 Å². The molecule has 0 N–H and O–H groups in total. The van der Waals surface area contributed by atoms with Gasteiger partial charge in [-0.3, -0.25) is 0 Å². The van der Waals surface area contributed by atoms with Gasteiger partial charge in [0.2, 0.25) is 0 Å². The fourth-order valence-corrected chi connectivity index (χ4v) is 8.61. The number of rotatable bonds is 8. The molecule has 11 rings (SSSR count). The molecule has 10 aromatic carbocycles. The van der Waals surface area contributed by atoms with E-state index in [1.165, 1.54) is 49.4 Å². The molecule has 1 heterocycles. The van der Waals surface area contributed by atoms with Crippen LogP contribution in [0.3, 0.4) is 0 Å². The molecule has 0 spiro atoms. The Kier molecular flexibility index (Phi) is 8.87. The highest BCUT2D eigenvalue weighted by molar-refractivity contribution is 5.98. The van der Waals surface area contributed by atoms with Crippen LogP contribution in [0.5, 0.6) is 0 Å². The molecular weight excluding hydrogens is 727 g/mol. The molecule has 1 aromatic heterocycles. The Morgan fingerprint density at radius 1 is 0.283 bits per heavy atom. The van der Waals surface area contributed by atoms with Gasteiger partial charge in [0.05, 0.1) is 5.69 Å². The minimum absolute atomic E-state index is 0.876. The third kappa shape index (κ3) is 6.61. The molecule has 0 fully saturated rings. The highest BCUT2D eigenvalue weighted by atomic mass is 16.3. The van der Waals surface area contributed by atoms with Crippen molar-refractivity contribution in [3.63, 3.8) is 0 Å². The van der Waals surface area contributed by atoms with Crippen LogP contribution in [-0.2, 0) is 0 Å². The molecule has 2 nitrogen and oxygen atoms in total. The van der Waals surface area contributed by atoms with Crippen molar-refractivity contribution in [1.29, 1.82) is 0 Å². The molecule has 0 aliphatic rings. The van der Waals surface area contributed by atoms with Gasteiger partial charge in [-0.05, 0) is 115 Å². The van der Waals surface area contributed by atoms with Crippen LogP contribution in [0.1, 0.15) is 0 Å². The Labute approximate surface area is 349 Å². The van der Waals surface area contributed by atoms with E-state index in [4.69, 9.17) is 4.42 Å². The zero-order valence-corrected chi connectivity index (χ0v) is 32.9. The van der Waals surface area contributed by atoms with E-state index in [9.17, 15) is 0 Å². The SMILES string of the molecule is c1ccc(-c2ccc(-c3ccccc3N(c3ccc(-c4cccc5ccccc45)cc3)c3ccc4cc(-c5cccc(-c6cc7ccccc7o6)c5)ccc4c3)cc2)cc1. The van der Waals surface area contributed by atoms with Crippen molar-refractivity contribution >= 4 is 49.6 Å². The second-order valence-electron chi connectivity index (χ2n) is 15.3. The average Bonchev–Trinajstić information content (AvgIpc) is 3.77. The fraction of sp³-hybridized carbons (Fsp3) is 0. The van der Waals surface area contributed by atoms with Gasteiger partial charge in [-0.1, -0.05) is 182 Å². The second kappa shape index (κ2) is 15.1. The van der Waals surface area contributed by atoms with Gasteiger partial charge < -0.3 is 9.32 Å². The zero-order chi connectivity index (χ0) is 39.8. The van der Waals surface area contributed by atoms with E-state index in [2.05, 4.69) is 223 Å². The standard InChI is InChI=1S/C58H39NO/c1-2-12-40(13-3-1)41-24-26-44(27-25-41)55-20-7-8-22-56(55)59(51-33-30-43(31-34-51)54-21-11-16-42-14-4-6-19-53(42)54)52-35-32-47-36-46(28-29-48(47)38-52)45-17-10-18-49(37-45)58-39-50-15-5-9-23-57(50)60-58/h1-39H. The quantitative estimate of drug-likeness (QED) is 0.153. The summed E-state index contributed by atoms with van der Waals surface area (Å²) in [5.41, 5.74) is 14.7. The summed E-state index contributed by atoms with van der Waals surface area (Å²) in [6, 6.07) is 85.0. The molecule has 2 heteroatoms. The molecule has 0 radical (unpaired) electrons. The Hall–Kier alpha value is -7.94. The van der Waals surface area contributed by atoms with Crippen molar-refractivity contribution in [1.82, 2.24) is 0 Å². The monoisotopic (exact) mass is 765 g/mol. The Morgan fingerprint density at radius 2 is 0.833 bits per heavy atom. The highest BCUT2D eigenvalue weighted by Gasteiger charge is 2.19. The van der Waals surface area contributed by atoms with Crippen molar-refractivity contribution < 1.29 is 4.42 Å². The minimum atomic E-state index is 0.876. The van der Waals surface area contributed by atoms with Gasteiger partial charge in [0, 0.05) is 27.9 Å². The van der Waals surface area contributed by atoms with Crippen molar-refractivity contribution in [2.45, 2.75) is 0 Å². The topological polar surface area (TPSA) is 16.4 Å². The lowest BCUT2D eigenvalue weighted by Crippen LogP contribution is -2.11. The maximum absolute atomic E-state index is 6.23. The molecule has 0 amide bonds. The number of fused-ring (bicyclic) bond motifs is 3. The van der Waals surface area contributed by atoms with E-state index in [1.807, 2.05) is 18.2 Å². The summed E-state index contributed by atoms with van der Waals surface area (Å²) in [6.07, 6.45) is 0. The Balaban J connectivity index is 0.993. The van der Waals surface area contributed by atoms with Gasteiger partial charge in [-0.15, -0.1) is 0 Å². The normalized spacial score (nSPS) is 11.3. The lowest BCUT2D eigenvalue weighted by atomic mass is 9.96. The summed E-state index contributed by atoms with van der Waals surface area (Å²) in [7, 11) is 0. The number of nitrogens with zero attached hydrogens (tertiary/aromatic N) is 1. The van der Waals surface area contributed by atoms with Crippen LogP contribution in [0.25, 0.3) is 88.3 Å². The van der Waals surface area contributed by atoms with E-state index >= 15 is 0 Å². The predicted molar refractivity (Wildman–Crippen MR) is 253 cm³/mol. The zero-order valence-electron chi connectivity index (χ0n) is 32.9. The number of para-hydroxylation sites is 2. The lowest BCUT2D eigenvalue weighted by Gasteiger charge is -2.28. The predicted octanol–water partition coefficient (Wildman–Crippen LogP) is 16.5. The van der Waals surface area contributed by atoms with Gasteiger partial charge in [-0.25, -0.2) is 0 Å². The first-order chi connectivity index (χ1) is 29.7. The van der Waals surface area contributed by atoms with Crippen molar-refractivity contribution in [2.24, 2.45) is 0 Å². The minimum Gasteiger partial charge on any atom is -0.456 e. The van der Waals surface area contributed by atoms with Crippen LogP contribution in [0.15, 0.2) is 241 Å². The Morgan fingerprint density at radius 3 is 1.70 bits per heavy atom. The van der Waals surface area contributed by atoms with Crippen LogP contribution >= 0.6 is 0 Å².